The quantitative estimate of drug-likeness (QED) is 0.938. The molecule has 1 fully saturated rings. The van der Waals surface area contributed by atoms with Crippen molar-refractivity contribution in [1.29, 1.82) is 0 Å². The van der Waals surface area contributed by atoms with Crippen LogP contribution in [-0.4, -0.2) is 49.1 Å². The number of benzene rings is 1. The Labute approximate surface area is 126 Å². The zero-order valence-electron chi connectivity index (χ0n) is 13.0. The smallest absolute Gasteiger partial charge is 0.134 e. The summed E-state index contributed by atoms with van der Waals surface area (Å²) >= 11 is 0. The summed E-state index contributed by atoms with van der Waals surface area (Å²) in [5, 5.41) is 1.13. The van der Waals surface area contributed by atoms with Crippen LogP contribution in [0.4, 0.5) is 0 Å². The highest BCUT2D eigenvalue weighted by molar-refractivity contribution is 5.77. The van der Waals surface area contributed by atoms with Crippen LogP contribution in [0.25, 0.3) is 11.0 Å². The van der Waals surface area contributed by atoms with Crippen LogP contribution >= 0.6 is 0 Å². The molecule has 0 saturated carbocycles. The highest BCUT2D eigenvalue weighted by Crippen LogP contribution is 2.23. The van der Waals surface area contributed by atoms with Crippen LogP contribution in [0.5, 0.6) is 0 Å². The summed E-state index contributed by atoms with van der Waals surface area (Å²) < 4.78 is 5.88. The van der Waals surface area contributed by atoms with E-state index in [1.807, 2.05) is 18.2 Å². The molecule has 0 bridgehead atoms. The van der Waals surface area contributed by atoms with Gasteiger partial charge in [0.2, 0.25) is 0 Å². The molecule has 1 aliphatic rings. The van der Waals surface area contributed by atoms with Crippen LogP contribution in [0.3, 0.4) is 0 Å². The van der Waals surface area contributed by atoms with E-state index in [9.17, 15) is 0 Å². The van der Waals surface area contributed by atoms with Crippen LogP contribution in [-0.2, 0) is 0 Å². The molecule has 1 aliphatic heterocycles. The molecule has 1 aromatic carbocycles. The summed E-state index contributed by atoms with van der Waals surface area (Å²) in [6, 6.07) is 10.7. The van der Waals surface area contributed by atoms with E-state index >= 15 is 0 Å². The van der Waals surface area contributed by atoms with Gasteiger partial charge < -0.3 is 15.1 Å². The Bertz CT molecular complexity index is 561. The van der Waals surface area contributed by atoms with Gasteiger partial charge in [0.05, 0.1) is 6.04 Å². The summed E-state index contributed by atoms with van der Waals surface area (Å²) in [5.74, 6) is 0.892. The predicted molar refractivity (Wildman–Crippen MR) is 86.3 cm³/mol. The molecule has 0 radical (unpaired) electrons. The summed E-state index contributed by atoms with van der Waals surface area (Å²) in [5.41, 5.74) is 7.29. The second kappa shape index (κ2) is 6.18. The lowest BCUT2D eigenvalue weighted by atomic mass is 10.1. The lowest BCUT2D eigenvalue weighted by molar-refractivity contribution is 0.0875. The van der Waals surface area contributed by atoms with Gasteiger partial charge in [-0.3, -0.25) is 4.90 Å². The maximum absolute atomic E-state index is 6.36. The second-order valence-corrected chi connectivity index (χ2v) is 6.10. The van der Waals surface area contributed by atoms with Crippen molar-refractivity contribution >= 4 is 11.0 Å². The fourth-order valence-electron chi connectivity index (χ4n) is 3.17. The molecule has 1 saturated heterocycles. The molecule has 4 nitrogen and oxygen atoms in total. The van der Waals surface area contributed by atoms with Crippen LogP contribution in [0.2, 0.25) is 0 Å². The van der Waals surface area contributed by atoms with Gasteiger partial charge in [-0.15, -0.1) is 0 Å². The van der Waals surface area contributed by atoms with Gasteiger partial charge in [-0.1, -0.05) is 25.1 Å². The number of para-hydroxylation sites is 1. The maximum Gasteiger partial charge on any atom is 0.134 e. The zero-order chi connectivity index (χ0) is 14.8. The van der Waals surface area contributed by atoms with Crippen molar-refractivity contribution in [2.75, 3.05) is 33.2 Å². The van der Waals surface area contributed by atoms with Crippen molar-refractivity contribution in [1.82, 2.24) is 9.80 Å². The summed E-state index contributed by atoms with van der Waals surface area (Å²) in [7, 11) is 2.21. The summed E-state index contributed by atoms with van der Waals surface area (Å²) in [4.78, 5) is 4.91. The van der Waals surface area contributed by atoms with Crippen LogP contribution in [0.15, 0.2) is 34.7 Å². The fourth-order valence-corrected chi connectivity index (χ4v) is 3.17. The molecule has 2 unspecified atom stereocenters. The zero-order valence-corrected chi connectivity index (χ0v) is 13.0. The maximum atomic E-state index is 6.36. The third kappa shape index (κ3) is 3.12. The van der Waals surface area contributed by atoms with E-state index in [1.165, 1.54) is 6.42 Å². The minimum atomic E-state index is -0.0571. The normalized spacial score (nSPS) is 22.7. The topological polar surface area (TPSA) is 45.6 Å². The molecule has 0 aliphatic carbocycles. The van der Waals surface area contributed by atoms with E-state index < -0.39 is 0 Å². The van der Waals surface area contributed by atoms with E-state index in [4.69, 9.17) is 10.2 Å². The van der Waals surface area contributed by atoms with Crippen molar-refractivity contribution < 1.29 is 4.42 Å². The monoisotopic (exact) mass is 287 g/mol. The number of hydrogen-bond donors (Lipinski definition) is 1. The fraction of sp³-hybridized carbons (Fsp3) is 0.529. The molecule has 21 heavy (non-hydrogen) atoms. The predicted octanol–water partition coefficient (Wildman–Crippen LogP) is 2.46. The average molecular weight is 287 g/mol. The van der Waals surface area contributed by atoms with E-state index in [0.717, 1.165) is 42.9 Å². The van der Waals surface area contributed by atoms with Gasteiger partial charge in [0.25, 0.3) is 0 Å². The molecule has 1 aromatic heterocycles. The summed E-state index contributed by atoms with van der Waals surface area (Å²) in [6.07, 6.45) is 1.19. The van der Waals surface area contributed by atoms with E-state index in [-0.39, 0.29) is 6.04 Å². The first-order valence-corrected chi connectivity index (χ1v) is 7.84. The molecular formula is C17H25N3O. The second-order valence-electron chi connectivity index (χ2n) is 6.10. The van der Waals surface area contributed by atoms with Gasteiger partial charge in [-0.25, -0.2) is 0 Å². The number of piperazine rings is 1. The Morgan fingerprint density at radius 2 is 2.14 bits per heavy atom. The Morgan fingerprint density at radius 1 is 1.33 bits per heavy atom. The van der Waals surface area contributed by atoms with Crippen LogP contribution in [0.1, 0.15) is 25.1 Å². The van der Waals surface area contributed by atoms with Gasteiger partial charge in [0.1, 0.15) is 11.3 Å². The van der Waals surface area contributed by atoms with Gasteiger partial charge in [0.15, 0.2) is 0 Å². The number of hydrogen-bond acceptors (Lipinski definition) is 4. The molecule has 2 N–H and O–H groups in total. The van der Waals surface area contributed by atoms with Crippen molar-refractivity contribution in [2.24, 2.45) is 5.73 Å². The first-order valence-electron chi connectivity index (χ1n) is 7.84. The molecule has 0 amide bonds. The Hall–Kier alpha value is -1.36. The Balaban J connectivity index is 1.67. The molecule has 2 aromatic rings. The molecular weight excluding hydrogens is 262 g/mol. The van der Waals surface area contributed by atoms with Crippen molar-refractivity contribution in [3.63, 3.8) is 0 Å². The van der Waals surface area contributed by atoms with Gasteiger partial charge >= 0.3 is 0 Å². The molecule has 2 heterocycles. The standard InChI is InChI=1S/C17H25N3O/c1-3-14-11-20(9-8-19(14)2)12-15(18)17-10-13-6-4-5-7-16(13)21-17/h4-7,10,14-15H,3,8-9,11-12,18H2,1-2H3. The molecule has 0 spiro atoms. The molecule has 3 rings (SSSR count). The first-order chi connectivity index (χ1) is 10.2. The number of fused-ring (bicyclic) bond motifs is 1. The van der Waals surface area contributed by atoms with Crippen molar-refractivity contribution in [3.8, 4) is 0 Å². The SMILES string of the molecule is CCC1CN(CC(N)c2cc3ccccc3o2)CCN1C. The van der Waals surface area contributed by atoms with Gasteiger partial charge in [0, 0.05) is 37.6 Å². The number of nitrogens with two attached hydrogens (primary N) is 1. The number of furan rings is 1. The number of likely N-dealkylation sites (N-methyl/N-ethyl adjacent to an activating group) is 1. The van der Waals surface area contributed by atoms with Gasteiger partial charge in [-0.05, 0) is 25.6 Å². The first kappa shape index (κ1) is 14.6. The lowest BCUT2D eigenvalue weighted by Crippen LogP contribution is -2.52. The number of nitrogens with zero attached hydrogens (tertiary/aromatic N) is 2. The molecule has 4 heteroatoms. The van der Waals surface area contributed by atoms with Crippen molar-refractivity contribution in [3.05, 3.63) is 36.1 Å². The third-order valence-corrected chi connectivity index (χ3v) is 4.60. The van der Waals surface area contributed by atoms with Gasteiger partial charge in [-0.2, -0.15) is 0 Å². The largest absolute Gasteiger partial charge is 0.459 e. The van der Waals surface area contributed by atoms with Crippen LogP contribution in [0, 0.1) is 0 Å². The minimum Gasteiger partial charge on any atom is -0.459 e. The highest BCUT2D eigenvalue weighted by atomic mass is 16.3. The Kier molecular flexibility index (Phi) is 4.29. The third-order valence-electron chi connectivity index (χ3n) is 4.60. The average Bonchev–Trinajstić information content (AvgIpc) is 2.93. The Morgan fingerprint density at radius 3 is 2.90 bits per heavy atom. The van der Waals surface area contributed by atoms with Crippen LogP contribution < -0.4 is 5.73 Å². The molecule has 114 valence electrons. The number of rotatable bonds is 4. The van der Waals surface area contributed by atoms with E-state index in [2.05, 4.69) is 35.9 Å². The van der Waals surface area contributed by atoms with E-state index in [1.54, 1.807) is 0 Å². The molecule has 2 atom stereocenters. The summed E-state index contributed by atoms with van der Waals surface area (Å²) in [6.45, 7) is 6.42. The highest BCUT2D eigenvalue weighted by Gasteiger charge is 2.25. The van der Waals surface area contributed by atoms with E-state index in [0.29, 0.717) is 6.04 Å². The lowest BCUT2D eigenvalue weighted by Gasteiger charge is -2.39. The minimum absolute atomic E-state index is 0.0571. The van der Waals surface area contributed by atoms with Crippen molar-refractivity contribution in [2.45, 2.75) is 25.4 Å².